The molecule has 0 fully saturated rings. The van der Waals surface area contributed by atoms with Crippen LogP contribution in [0.15, 0.2) is 0 Å². The summed E-state index contributed by atoms with van der Waals surface area (Å²) >= 11 is 0. The second-order valence-electron chi connectivity index (χ2n) is 5.58. The van der Waals surface area contributed by atoms with Gasteiger partial charge < -0.3 is 11.1 Å². The summed E-state index contributed by atoms with van der Waals surface area (Å²) in [4.78, 5) is 20.7. The van der Waals surface area contributed by atoms with E-state index >= 15 is 0 Å². The molecule has 0 spiro atoms. The lowest BCUT2D eigenvalue weighted by molar-refractivity contribution is -0.120. The van der Waals surface area contributed by atoms with Gasteiger partial charge >= 0.3 is 0 Å². The van der Waals surface area contributed by atoms with E-state index in [2.05, 4.69) is 25.0 Å². The molecule has 2 amide bonds. The SMILES string of the molecule is CCC(=O)NCCC[Si](C)(C)C.CCCC(N)=O. The van der Waals surface area contributed by atoms with Crippen LogP contribution in [-0.2, 0) is 9.59 Å². The van der Waals surface area contributed by atoms with Crippen molar-refractivity contribution in [2.75, 3.05) is 6.54 Å². The Hall–Kier alpha value is -0.843. The summed E-state index contributed by atoms with van der Waals surface area (Å²) in [5.74, 6) is -0.0388. The van der Waals surface area contributed by atoms with E-state index in [1.165, 1.54) is 6.04 Å². The molecule has 0 aromatic rings. The average Bonchev–Trinajstić information content (AvgIpc) is 2.23. The lowest BCUT2D eigenvalue weighted by Crippen LogP contribution is -2.26. The minimum atomic E-state index is -0.891. The predicted octanol–water partition coefficient (Wildman–Crippen LogP) is 2.51. The van der Waals surface area contributed by atoms with Crippen molar-refractivity contribution in [3.05, 3.63) is 0 Å². The van der Waals surface area contributed by atoms with Gasteiger partial charge in [0, 0.05) is 27.5 Å². The van der Waals surface area contributed by atoms with E-state index in [1.54, 1.807) is 0 Å². The standard InChI is InChI=1S/C9H21NOSi.C4H9NO/c1-5-9(11)10-7-6-8-12(2,3)4;1-2-3-4(5)6/h5-8H2,1-4H3,(H,10,11);2-3H2,1H3,(H2,5,6). The van der Waals surface area contributed by atoms with Gasteiger partial charge in [0.15, 0.2) is 0 Å². The Morgan fingerprint density at radius 2 is 1.72 bits per heavy atom. The molecule has 0 atom stereocenters. The third kappa shape index (κ3) is 20.6. The lowest BCUT2D eigenvalue weighted by Gasteiger charge is -2.15. The van der Waals surface area contributed by atoms with Crippen molar-refractivity contribution in [2.24, 2.45) is 5.73 Å². The molecule has 0 unspecified atom stereocenters. The average molecular weight is 274 g/mol. The van der Waals surface area contributed by atoms with Gasteiger partial charge in [0.1, 0.15) is 0 Å². The molecular weight excluding hydrogens is 244 g/mol. The summed E-state index contributed by atoms with van der Waals surface area (Å²) in [5, 5.41) is 2.89. The summed E-state index contributed by atoms with van der Waals surface area (Å²) in [6.45, 7) is 11.7. The molecule has 0 radical (unpaired) electrons. The number of amides is 2. The molecule has 3 N–H and O–H groups in total. The second kappa shape index (κ2) is 11.3. The Bertz CT molecular complexity index is 238. The van der Waals surface area contributed by atoms with E-state index in [0.717, 1.165) is 19.4 Å². The molecule has 18 heavy (non-hydrogen) atoms. The van der Waals surface area contributed by atoms with Crippen molar-refractivity contribution >= 4 is 19.9 Å². The summed E-state index contributed by atoms with van der Waals surface area (Å²) < 4.78 is 0. The minimum absolute atomic E-state index is 0.172. The highest BCUT2D eigenvalue weighted by molar-refractivity contribution is 6.76. The van der Waals surface area contributed by atoms with E-state index in [4.69, 9.17) is 5.73 Å². The molecule has 0 aliphatic heterocycles. The van der Waals surface area contributed by atoms with Crippen LogP contribution < -0.4 is 11.1 Å². The lowest BCUT2D eigenvalue weighted by atomic mass is 10.3. The summed E-state index contributed by atoms with van der Waals surface area (Å²) in [7, 11) is -0.891. The maximum Gasteiger partial charge on any atom is 0.219 e. The molecule has 0 saturated heterocycles. The summed E-state index contributed by atoms with van der Waals surface area (Å²) in [5.41, 5.74) is 4.76. The van der Waals surface area contributed by atoms with Crippen LogP contribution in [0.1, 0.15) is 39.5 Å². The molecule has 108 valence electrons. The number of nitrogens with two attached hydrogens (primary N) is 1. The van der Waals surface area contributed by atoms with Gasteiger partial charge in [-0.15, -0.1) is 0 Å². The van der Waals surface area contributed by atoms with Crippen molar-refractivity contribution in [3.8, 4) is 0 Å². The van der Waals surface area contributed by atoms with Crippen molar-refractivity contribution in [1.82, 2.24) is 5.32 Å². The van der Waals surface area contributed by atoms with Crippen LogP contribution in [-0.4, -0.2) is 26.4 Å². The molecule has 5 heteroatoms. The highest BCUT2D eigenvalue weighted by Crippen LogP contribution is 2.09. The second-order valence-corrected chi connectivity index (χ2v) is 11.2. The molecule has 0 saturated carbocycles. The Morgan fingerprint density at radius 1 is 1.17 bits per heavy atom. The first-order valence-corrected chi connectivity index (χ1v) is 10.5. The zero-order valence-corrected chi connectivity index (χ0v) is 13.6. The third-order valence-corrected chi connectivity index (χ3v) is 4.10. The zero-order chi connectivity index (χ0) is 14.6. The molecule has 0 heterocycles. The monoisotopic (exact) mass is 274 g/mol. The molecule has 0 bridgehead atoms. The van der Waals surface area contributed by atoms with Gasteiger partial charge in [0.2, 0.25) is 11.8 Å². The van der Waals surface area contributed by atoms with Crippen molar-refractivity contribution in [1.29, 1.82) is 0 Å². The van der Waals surface area contributed by atoms with E-state index in [9.17, 15) is 9.59 Å². The topological polar surface area (TPSA) is 72.2 Å². The Morgan fingerprint density at radius 3 is 2.00 bits per heavy atom. The van der Waals surface area contributed by atoms with E-state index in [-0.39, 0.29) is 11.8 Å². The van der Waals surface area contributed by atoms with Crippen LogP contribution in [0.4, 0.5) is 0 Å². The molecule has 0 rings (SSSR count). The highest BCUT2D eigenvalue weighted by atomic mass is 28.3. The molecular formula is C13H30N2O2Si. The van der Waals surface area contributed by atoms with Gasteiger partial charge in [-0.05, 0) is 12.8 Å². The molecule has 0 aliphatic rings. The molecule has 4 nitrogen and oxygen atoms in total. The van der Waals surface area contributed by atoms with Crippen molar-refractivity contribution in [3.63, 3.8) is 0 Å². The Balaban J connectivity index is 0. The Labute approximate surface area is 113 Å². The number of rotatable bonds is 7. The number of hydrogen-bond acceptors (Lipinski definition) is 2. The van der Waals surface area contributed by atoms with Gasteiger partial charge in [-0.25, -0.2) is 0 Å². The van der Waals surface area contributed by atoms with Crippen molar-refractivity contribution in [2.45, 2.75) is 65.2 Å². The molecule has 0 aliphatic carbocycles. The molecule has 0 aromatic carbocycles. The number of hydrogen-bond donors (Lipinski definition) is 2. The Kier molecular flexibility index (Phi) is 12.2. The fourth-order valence-electron chi connectivity index (χ4n) is 1.22. The minimum Gasteiger partial charge on any atom is -0.370 e. The predicted molar refractivity (Wildman–Crippen MR) is 80.2 cm³/mol. The summed E-state index contributed by atoms with van der Waals surface area (Å²) in [6, 6.07) is 1.30. The van der Waals surface area contributed by atoms with Crippen LogP contribution in [0, 0.1) is 0 Å². The number of carbonyl (C=O) groups is 2. The fourth-order valence-corrected chi connectivity index (χ4v) is 2.46. The first kappa shape index (κ1) is 19.5. The molecule has 0 aromatic heterocycles. The normalized spacial score (nSPS) is 10.3. The van der Waals surface area contributed by atoms with Crippen LogP contribution in [0.2, 0.25) is 25.7 Å². The van der Waals surface area contributed by atoms with Crippen LogP contribution in [0.3, 0.4) is 0 Å². The van der Waals surface area contributed by atoms with Gasteiger partial charge in [0.05, 0.1) is 0 Å². The number of carbonyl (C=O) groups excluding carboxylic acids is 2. The fraction of sp³-hybridized carbons (Fsp3) is 0.846. The van der Waals surface area contributed by atoms with E-state index in [0.29, 0.717) is 12.8 Å². The quantitative estimate of drug-likeness (QED) is 0.553. The summed E-state index contributed by atoms with van der Waals surface area (Å²) in [6.07, 6.45) is 3.11. The maximum atomic E-state index is 10.8. The first-order valence-electron chi connectivity index (χ1n) is 6.78. The third-order valence-electron chi connectivity index (χ3n) is 2.24. The van der Waals surface area contributed by atoms with Crippen LogP contribution >= 0.6 is 0 Å². The zero-order valence-electron chi connectivity index (χ0n) is 12.6. The highest BCUT2D eigenvalue weighted by Gasteiger charge is 2.11. The van der Waals surface area contributed by atoms with Gasteiger partial charge in [-0.3, -0.25) is 9.59 Å². The van der Waals surface area contributed by atoms with E-state index in [1.807, 2.05) is 13.8 Å². The first-order chi connectivity index (χ1) is 8.22. The van der Waals surface area contributed by atoms with E-state index < -0.39 is 8.07 Å². The smallest absolute Gasteiger partial charge is 0.219 e. The van der Waals surface area contributed by atoms with Crippen LogP contribution in [0.5, 0.6) is 0 Å². The van der Waals surface area contributed by atoms with Crippen LogP contribution in [0.25, 0.3) is 0 Å². The van der Waals surface area contributed by atoms with Gasteiger partial charge in [-0.2, -0.15) is 0 Å². The number of nitrogens with one attached hydrogen (secondary N) is 1. The largest absolute Gasteiger partial charge is 0.370 e. The van der Waals surface area contributed by atoms with Gasteiger partial charge in [0.25, 0.3) is 0 Å². The van der Waals surface area contributed by atoms with Gasteiger partial charge in [-0.1, -0.05) is 39.5 Å². The maximum absolute atomic E-state index is 10.8. The number of primary amides is 1. The van der Waals surface area contributed by atoms with Crippen molar-refractivity contribution < 1.29 is 9.59 Å².